The molecule has 1 aromatic heterocycles. The molecule has 0 aliphatic heterocycles. The Kier molecular flexibility index (Phi) is 3.61. The van der Waals surface area contributed by atoms with Crippen LogP contribution in [0.25, 0.3) is 11.1 Å². The van der Waals surface area contributed by atoms with Crippen LogP contribution in [-0.2, 0) is 0 Å². The Hall–Kier alpha value is -1.58. The molecule has 0 amide bonds. The van der Waals surface area contributed by atoms with Gasteiger partial charge in [-0.2, -0.15) is 0 Å². The van der Waals surface area contributed by atoms with Gasteiger partial charge in [0.15, 0.2) is 0 Å². The molecule has 2 rings (SSSR count). The van der Waals surface area contributed by atoms with E-state index in [1.807, 2.05) is 36.4 Å². The van der Waals surface area contributed by atoms with E-state index in [-0.39, 0.29) is 12.5 Å². The summed E-state index contributed by atoms with van der Waals surface area (Å²) in [6.45, 7) is 1.71. The highest BCUT2D eigenvalue weighted by atomic mass is 16.4. The number of aliphatic hydroxyl groups excluding tert-OH is 2. The van der Waals surface area contributed by atoms with E-state index in [2.05, 4.69) is 0 Å². The Bertz CT molecular complexity index is 461. The molecule has 3 nitrogen and oxygen atoms in total. The van der Waals surface area contributed by atoms with Gasteiger partial charge in [-0.1, -0.05) is 37.3 Å². The lowest BCUT2D eigenvalue weighted by Crippen LogP contribution is -2.12. The highest BCUT2D eigenvalue weighted by molar-refractivity contribution is 5.65. The summed E-state index contributed by atoms with van der Waals surface area (Å²) < 4.78 is 5.34. The molecule has 0 aliphatic carbocycles. The van der Waals surface area contributed by atoms with Gasteiger partial charge < -0.3 is 14.6 Å². The van der Waals surface area contributed by atoms with E-state index in [1.165, 1.54) is 0 Å². The number of hydrogen-bond donors (Lipinski definition) is 2. The Morgan fingerprint density at radius 2 is 1.88 bits per heavy atom. The quantitative estimate of drug-likeness (QED) is 0.852. The second-order valence-corrected chi connectivity index (χ2v) is 4.17. The molecular weight excluding hydrogens is 216 g/mol. The standard InChI is InChI=1S/C14H16O3/c1-10(9-15)13(16)14-12(7-8-17-14)11-5-3-2-4-6-11/h2-8,10,13,15-16H,9H2,1H3. The number of rotatable bonds is 4. The topological polar surface area (TPSA) is 53.6 Å². The Morgan fingerprint density at radius 3 is 2.53 bits per heavy atom. The molecule has 2 N–H and O–H groups in total. The average molecular weight is 232 g/mol. The predicted octanol–water partition coefficient (Wildman–Crippen LogP) is 2.61. The third-order valence-electron chi connectivity index (χ3n) is 2.88. The van der Waals surface area contributed by atoms with Crippen LogP contribution >= 0.6 is 0 Å². The van der Waals surface area contributed by atoms with Crippen LogP contribution in [0.4, 0.5) is 0 Å². The lowest BCUT2D eigenvalue weighted by molar-refractivity contribution is 0.0605. The molecule has 1 heterocycles. The van der Waals surface area contributed by atoms with Crippen molar-refractivity contribution in [3.63, 3.8) is 0 Å². The summed E-state index contributed by atoms with van der Waals surface area (Å²) >= 11 is 0. The van der Waals surface area contributed by atoms with Gasteiger partial charge in [0, 0.05) is 18.1 Å². The average Bonchev–Trinajstić information content (AvgIpc) is 2.87. The van der Waals surface area contributed by atoms with Crippen molar-refractivity contribution in [3.8, 4) is 11.1 Å². The van der Waals surface area contributed by atoms with Gasteiger partial charge in [-0.25, -0.2) is 0 Å². The maximum absolute atomic E-state index is 10.1. The van der Waals surface area contributed by atoms with Crippen LogP contribution in [0, 0.1) is 5.92 Å². The smallest absolute Gasteiger partial charge is 0.140 e. The molecular formula is C14H16O3. The first kappa shape index (κ1) is 11.9. The molecule has 0 bridgehead atoms. The molecule has 1 aromatic carbocycles. The van der Waals surface area contributed by atoms with E-state index in [4.69, 9.17) is 9.52 Å². The van der Waals surface area contributed by atoms with Gasteiger partial charge in [0.25, 0.3) is 0 Å². The minimum Gasteiger partial charge on any atom is -0.466 e. The minimum atomic E-state index is -0.787. The van der Waals surface area contributed by atoms with Crippen molar-refractivity contribution in [2.75, 3.05) is 6.61 Å². The van der Waals surface area contributed by atoms with Crippen molar-refractivity contribution in [2.24, 2.45) is 5.92 Å². The van der Waals surface area contributed by atoms with Gasteiger partial charge >= 0.3 is 0 Å². The monoisotopic (exact) mass is 232 g/mol. The summed E-state index contributed by atoms with van der Waals surface area (Å²) in [4.78, 5) is 0. The summed E-state index contributed by atoms with van der Waals surface area (Å²) in [5.74, 6) is 0.265. The third-order valence-corrected chi connectivity index (χ3v) is 2.88. The van der Waals surface area contributed by atoms with Crippen LogP contribution in [0.1, 0.15) is 18.8 Å². The third kappa shape index (κ3) is 2.40. The fourth-order valence-corrected chi connectivity index (χ4v) is 1.76. The Balaban J connectivity index is 2.35. The van der Waals surface area contributed by atoms with Crippen molar-refractivity contribution in [3.05, 3.63) is 48.4 Å². The van der Waals surface area contributed by atoms with Crippen LogP contribution in [0.2, 0.25) is 0 Å². The molecule has 0 saturated carbocycles. The lowest BCUT2D eigenvalue weighted by atomic mass is 9.97. The van der Waals surface area contributed by atoms with Crippen LogP contribution < -0.4 is 0 Å². The Labute approximate surface area is 100 Å². The van der Waals surface area contributed by atoms with E-state index < -0.39 is 6.10 Å². The first-order valence-corrected chi connectivity index (χ1v) is 5.65. The molecule has 0 fully saturated rings. The molecule has 0 radical (unpaired) electrons. The summed E-state index contributed by atoms with van der Waals surface area (Å²) in [7, 11) is 0. The molecule has 2 aromatic rings. The maximum atomic E-state index is 10.1. The summed E-state index contributed by atoms with van der Waals surface area (Å²) in [5.41, 5.74) is 1.87. The molecule has 0 aliphatic rings. The zero-order valence-electron chi connectivity index (χ0n) is 9.71. The van der Waals surface area contributed by atoms with Crippen LogP contribution in [0.5, 0.6) is 0 Å². The largest absolute Gasteiger partial charge is 0.466 e. The zero-order valence-corrected chi connectivity index (χ0v) is 9.71. The molecule has 2 atom stereocenters. The highest BCUT2D eigenvalue weighted by Crippen LogP contribution is 2.32. The zero-order chi connectivity index (χ0) is 12.3. The fourth-order valence-electron chi connectivity index (χ4n) is 1.76. The number of hydrogen-bond acceptors (Lipinski definition) is 3. The van der Waals surface area contributed by atoms with Crippen LogP contribution in [-0.4, -0.2) is 16.8 Å². The van der Waals surface area contributed by atoms with Crippen molar-refractivity contribution in [1.29, 1.82) is 0 Å². The van der Waals surface area contributed by atoms with E-state index in [1.54, 1.807) is 13.2 Å². The van der Waals surface area contributed by atoms with Crippen molar-refractivity contribution < 1.29 is 14.6 Å². The Morgan fingerprint density at radius 1 is 1.18 bits per heavy atom. The van der Waals surface area contributed by atoms with Gasteiger partial charge in [-0.05, 0) is 11.6 Å². The minimum absolute atomic E-state index is 0.0733. The fraction of sp³-hybridized carbons (Fsp3) is 0.286. The summed E-state index contributed by atoms with van der Waals surface area (Å²) in [5, 5.41) is 19.1. The SMILES string of the molecule is CC(CO)C(O)c1occc1-c1ccccc1. The summed E-state index contributed by atoms with van der Waals surface area (Å²) in [6.07, 6.45) is 0.774. The second kappa shape index (κ2) is 5.17. The lowest BCUT2D eigenvalue weighted by Gasteiger charge is -2.15. The van der Waals surface area contributed by atoms with Crippen LogP contribution in [0.3, 0.4) is 0 Å². The molecule has 17 heavy (non-hydrogen) atoms. The molecule has 2 unspecified atom stereocenters. The van der Waals surface area contributed by atoms with E-state index in [9.17, 15) is 5.11 Å². The maximum Gasteiger partial charge on any atom is 0.140 e. The van der Waals surface area contributed by atoms with Gasteiger partial charge in [0.2, 0.25) is 0 Å². The number of aliphatic hydroxyl groups is 2. The highest BCUT2D eigenvalue weighted by Gasteiger charge is 2.22. The number of benzene rings is 1. The summed E-state index contributed by atoms with van der Waals surface area (Å²) in [6, 6.07) is 11.6. The molecule has 90 valence electrons. The van der Waals surface area contributed by atoms with E-state index in [0.29, 0.717) is 5.76 Å². The van der Waals surface area contributed by atoms with Gasteiger partial charge in [-0.3, -0.25) is 0 Å². The van der Waals surface area contributed by atoms with Crippen molar-refractivity contribution in [1.82, 2.24) is 0 Å². The first-order chi connectivity index (χ1) is 8.24. The predicted molar refractivity (Wildman–Crippen MR) is 65.4 cm³/mol. The molecule has 3 heteroatoms. The van der Waals surface area contributed by atoms with Gasteiger partial charge in [0.05, 0.1) is 6.26 Å². The van der Waals surface area contributed by atoms with Crippen molar-refractivity contribution >= 4 is 0 Å². The van der Waals surface area contributed by atoms with Gasteiger partial charge in [-0.15, -0.1) is 0 Å². The molecule has 0 saturated heterocycles. The van der Waals surface area contributed by atoms with Crippen LogP contribution in [0.15, 0.2) is 47.1 Å². The van der Waals surface area contributed by atoms with Crippen molar-refractivity contribution in [2.45, 2.75) is 13.0 Å². The normalized spacial score (nSPS) is 14.5. The second-order valence-electron chi connectivity index (χ2n) is 4.17. The molecule has 0 spiro atoms. The first-order valence-electron chi connectivity index (χ1n) is 5.65. The van der Waals surface area contributed by atoms with Gasteiger partial charge in [0.1, 0.15) is 11.9 Å². The number of furan rings is 1. The van der Waals surface area contributed by atoms with E-state index in [0.717, 1.165) is 11.1 Å². The van der Waals surface area contributed by atoms with E-state index >= 15 is 0 Å².